The van der Waals surface area contributed by atoms with Gasteiger partial charge < -0.3 is 9.47 Å². The van der Waals surface area contributed by atoms with Gasteiger partial charge >= 0.3 is 0 Å². The van der Waals surface area contributed by atoms with Crippen molar-refractivity contribution in [3.05, 3.63) is 22.2 Å². The average molecular weight is 396 g/mol. The summed E-state index contributed by atoms with van der Waals surface area (Å²) in [5.41, 5.74) is -0.494. The normalized spacial score (nSPS) is 28.0. The molecule has 0 radical (unpaired) electrons. The minimum Gasteiger partial charge on any atom is -0.490 e. The lowest BCUT2D eigenvalue weighted by Gasteiger charge is -2.28. The van der Waals surface area contributed by atoms with E-state index in [1.165, 1.54) is 18.9 Å². The number of ether oxygens (including phenoxy) is 2. The molecule has 8 nitrogen and oxygen atoms in total. The van der Waals surface area contributed by atoms with Crippen LogP contribution in [-0.2, 0) is 10.0 Å². The van der Waals surface area contributed by atoms with Gasteiger partial charge in [-0.3, -0.25) is 10.1 Å². The van der Waals surface area contributed by atoms with Crippen LogP contribution in [-0.4, -0.2) is 32.6 Å². The van der Waals surface area contributed by atoms with Gasteiger partial charge in [0, 0.05) is 18.5 Å². The summed E-state index contributed by atoms with van der Waals surface area (Å²) in [4.78, 5) is 10.4. The number of fused-ring (bicyclic) bond motifs is 3. The second-order valence-electron chi connectivity index (χ2n) is 7.82. The zero-order valence-corrected chi connectivity index (χ0v) is 16.0. The first-order chi connectivity index (χ1) is 12.8. The molecule has 4 rings (SSSR count). The second-order valence-corrected chi connectivity index (χ2v) is 9.51. The topological polar surface area (TPSA) is 108 Å². The van der Waals surface area contributed by atoms with E-state index in [-0.39, 0.29) is 28.4 Å². The SMILES string of the molecule is C[C@H](NS(=O)(=O)c1cc2c(cc1[N+](=O)[O-])OCCCO2)[C@H]1C[C@H]2CC[C@H]1C2. The Bertz CT molecular complexity index is 856. The molecule has 1 aliphatic heterocycles. The van der Waals surface area contributed by atoms with Crippen molar-refractivity contribution in [3.8, 4) is 11.5 Å². The van der Waals surface area contributed by atoms with Crippen LogP contribution in [0, 0.1) is 27.9 Å². The first kappa shape index (κ1) is 18.5. The molecular weight excluding hydrogens is 372 g/mol. The van der Waals surface area contributed by atoms with Crippen molar-refractivity contribution in [1.29, 1.82) is 0 Å². The van der Waals surface area contributed by atoms with Gasteiger partial charge in [0.25, 0.3) is 5.69 Å². The maximum atomic E-state index is 13.0. The van der Waals surface area contributed by atoms with Crippen LogP contribution in [0.25, 0.3) is 0 Å². The molecule has 1 aromatic rings. The van der Waals surface area contributed by atoms with Crippen LogP contribution in [0.1, 0.15) is 39.0 Å². The number of nitro groups is 1. The zero-order valence-electron chi connectivity index (χ0n) is 15.2. The highest BCUT2D eigenvalue weighted by atomic mass is 32.2. The lowest BCUT2D eigenvalue weighted by atomic mass is 9.84. The first-order valence-corrected chi connectivity index (χ1v) is 10.9. The quantitative estimate of drug-likeness (QED) is 0.606. The summed E-state index contributed by atoms with van der Waals surface area (Å²) < 4.78 is 39.7. The van der Waals surface area contributed by atoms with Gasteiger partial charge in [-0.05, 0) is 43.9 Å². The van der Waals surface area contributed by atoms with Crippen LogP contribution < -0.4 is 14.2 Å². The number of nitrogens with one attached hydrogen (secondary N) is 1. The Morgan fingerprint density at radius 3 is 2.48 bits per heavy atom. The lowest BCUT2D eigenvalue weighted by molar-refractivity contribution is -0.387. The number of sulfonamides is 1. The third kappa shape index (κ3) is 3.50. The van der Waals surface area contributed by atoms with E-state index < -0.39 is 20.6 Å². The van der Waals surface area contributed by atoms with Crippen LogP contribution in [0.2, 0.25) is 0 Å². The van der Waals surface area contributed by atoms with Gasteiger partial charge in [0.05, 0.1) is 24.2 Å². The Morgan fingerprint density at radius 1 is 1.19 bits per heavy atom. The molecule has 0 unspecified atom stereocenters. The summed E-state index contributed by atoms with van der Waals surface area (Å²) in [6.07, 6.45) is 5.20. The molecule has 0 saturated heterocycles. The Morgan fingerprint density at radius 2 is 1.89 bits per heavy atom. The largest absolute Gasteiger partial charge is 0.490 e. The fourth-order valence-corrected chi connectivity index (χ4v) is 6.30. The summed E-state index contributed by atoms with van der Waals surface area (Å²) in [5, 5.41) is 11.5. The third-order valence-electron chi connectivity index (χ3n) is 6.09. The predicted octanol–water partition coefficient (Wildman–Crippen LogP) is 2.86. The number of hydrogen-bond acceptors (Lipinski definition) is 6. The van der Waals surface area contributed by atoms with E-state index in [4.69, 9.17) is 9.47 Å². The van der Waals surface area contributed by atoms with E-state index in [2.05, 4.69) is 4.72 Å². The highest BCUT2D eigenvalue weighted by molar-refractivity contribution is 7.89. The molecule has 27 heavy (non-hydrogen) atoms. The fourth-order valence-electron chi connectivity index (χ4n) is 4.84. The summed E-state index contributed by atoms with van der Waals surface area (Å²) >= 11 is 0. The molecule has 2 fully saturated rings. The Hall–Kier alpha value is -1.87. The highest BCUT2D eigenvalue weighted by Gasteiger charge is 2.43. The van der Waals surface area contributed by atoms with Gasteiger partial charge in [-0.15, -0.1) is 0 Å². The Kier molecular flexibility index (Phi) is 4.75. The number of hydrogen-bond donors (Lipinski definition) is 1. The molecule has 2 bridgehead atoms. The summed E-state index contributed by atoms with van der Waals surface area (Å²) in [6.45, 7) is 2.60. The van der Waals surface area contributed by atoms with Crippen LogP contribution in [0.3, 0.4) is 0 Å². The molecule has 1 N–H and O–H groups in total. The Labute approximate surface area is 158 Å². The second kappa shape index (κ2) is 6.94. The summed E-state index contributed by atoms with van der Waals surface area (Å²) in [6, 6.07) is 2.10. The van der Waals surface area contributed by atoms with Crippen molar-refractivity contribution in [2.75, 3.05) is 13.2 Å². The van der Waals surface area contributed by atoms with Crippen LogP contribution in [0.15, 0.2) is 17.0 Å². The monoisotopic (exact) mass is 396 g/mol. The van der Waals surface area contributed by atoms with Crippen molar-refractivity contribution >= 4 is 15.7 Å². The van der Waals surface area contributed by atoms with Gasteiger partial charge in [-0.2, -0.15) is 0 Å². The van der Waals surface area contributed by atoms with Crippen molar-refractivity contribution in [3.63, 3.8) is 0 Å². The third-order valence-corrected chi connectivity index (χ3v) is 7.68. The summed E-state index contributed by atoms with van der Waals surface area (Å²) in [7, 11) is -4.06. The van der Waals surface area contributed by atoms with Crippen LogP contribution >= 0.6 is 0 Å². The molecule has 1 heterocycles. The number of nitrogens with zero attached hydrogens (tertiary/aromatic N) is 1. The lowest BCUT2D eigenvalue weighted by Crippen LogP contribution is -2.40. The smallest absolute Gasteiger partial charge is 0.293 e. The van der Waals surface area contributed by atoms with Crippen molar-refractivity contribution in [1.82, 2.24) is 4.72 Å². The molecule has 3 aliphatic rings. The molecule has 0 spiro atoms. The molecule has 0 aromatic heterocycles. The van der Waals surface area contributed by atoms with Gasteiger partial charge in [-0.1, -0.05) is 6.42 Å². The van der Waals surface area contributed by atoms with Crippen molar-refractivity contribution in [2.24, 2.45) is 17.8 Å². The van der Waals surface area contributed by atoms with E-state index in [0.717, 1.165) is 18.9 Å². The van der Waals surface area contributed by atoms with Gasteiger partial charge in [0.15, 0.2) is 16.4 Å². The minimum atomic E-state index is -4.06. The van der Waals surface area contributed by atoms with Gasteiger partial charge in [0.1, 0.15) is 0 Å². The highest BCUT2D eigenvalue weighted by Crippen LogP contribution is 2.49. The number of rotatable bonds is 5. The molecule has 0 amide bonds. The van der Waals surface area contributed by atoms with E-state index in [1.807, 2.05) is 6.92 Å². The first-order valence-electron chi connectivity index (χ1n) is 9.45. The van der Waals surface area contributed by atoms with E-state index >= 15 is 0 Å². The van der Waals surface area contributed by atoms with E-state index in [9.17, 15) is 18.5 Å². The number of benzene rings is 1. The molecule has 148 valence electrons. The van der Waals surface area contributed by atoms with Gasteiger partial charge in [-0.25, -0.2) is 13.1 Å². The molecule has 9 heteroatoms. The van der Waals surface area contributed by atoms with Crippen LogP contribution in [0.4, 0.5) is 5.69 Å². The number of nitro benzene ring substituents is 1. The fraction of sp³-hybridized carbons (Fsp3) is 0.667. The minimum absolute atomic E-state index is 0.208. The summed E-state index contributed by atoms with van der Waals surface area (Å²) in [5.74, 6) is 1.97. The average Bonchev–Trinajstić information content (AvgIpc) is 3.17. The van der Waals surface area contributed by atoms with Gasteiger partial charge in [0.2, 0.25) is 10.0 Å². The van der Waals surface area contributed by atoms with Crippen LogP contribution in [0.5, 0.6) is 11.5 Å². The van der Waals surface area contributed by atoms with Crippen molar-refractivity contribution < 1.29 is 22.8 Å². The standard InChI is InChI=1S/C18H24N2O6S/c1-11(14-8-12-3-4-13(14)7-12)19-27(23,24)18-10-17-16(9-15(18)20(21)22)25-5-2-6-26-17/h9-14,19H,2-8H2,1H3/t11-,12-,13-,14+/m0/s1. The van der Waals surface area contributed by atoms with Crippen molar-refractivity contribution in [2.45, 2.75) is 50.0 Å². The molecule has 2 aliphatic carbocycles. The predicted molar refractivity (Wildman–Crippen MR) is 97.4 cm³/mol. The molecule has 4 atom stereocenters. The van der Waals surface area contributed by atoms with E-state index in [0.29, 0.717) is 31.5 Å². The zero-order chi connectivity index (χ0) is 19.2. The maximum absolute atomic E-state index is 13.0. The molecular formula is C18H24N2O6S. The molecule has 2 saturated carbocycles. The maximum Gasteiger partial charge on any atom is 0.293 e. The van der Waals surface area contributed by atoms with E-state index in [1.54, 1.807) is 0 Å². The molecule has 1 aromatic carbocycles. The Balaban J connectivity index is 1.64.